The van der Waals surface area contributed by atoms with Gasteiger partial charge in [-0.05, 0) is 47.2 Å². The van der Waals surface area contributed by atoms with Crippen molar-refractivity contribution in [3.8, 4) is 11.5 Å². The molecule has 0 radical (unpaired) electrons. The molecule has 4 aromatic rings. The van der Waals surface area contributed by atoms with Gasteiger partial charge in [0.2, 0.25) is 0 Å². The Morgan fingerprint density at radius 3 is 1.31 bits per heavy atom. The van der Waals surface area contributed by atoms with Gasteiger partial charge in [-0.2, -0.15) is 0 Å². The Hall–Kier alpha value is -3.72. The van der Waals surface area contributed by atoms with Gasteiger partial charge in [-0.1, -0.05) is 84.9 Å². The minimum Gasteiger partial charge on any atom is -0.453 e. The van der Waals surface area contributed by atoms with Crippen LogP contribution >= 0.6 is 0 Å². The van der Waals surface area contributed by atoms with Gasteiger partial charge >= 0.3 is 0 Å². The highest BCUT2D eigenvalue weighted by atomic mass is 16.5. The van der Waals surface area contributed by atoms with Gasteiger partial charge in [0.15, 0.2) is 11.5 Å². The molecule has 0 saturated heterocycles. The molecule has 0 aliphatic heterocycles. The second kappa shape index (κ2) is 8.53. The molecule has 4 N–H and O–H groups in total. The minimum atomic E-state index is 0.627. The third kappa shape index (κ3) is 4.41. The van der Waals surface area contributed by atoms with E-state index in [2.05, 4.69) is 24.3 Å². The second-order valence-corrected chi connectivity index (χ2v) is 7.08. The van der Waals surface area contributed by atoms with Gasteiger partial charge in [-0.3, -0.25) is 0 Å². The number of hydrogen-bond acceptors (Lipinski definition) is 3. The molecule has 0 amide bonds. The molecule has 0 atom stereocenters. The highest BCUT2D eigenvalue weighted by Crippen LogP contribution is 2.35. The Morgan fingerprint density at radius 2 is 0.897 bits per heavy atom. The summed E-state index contributed by atoms with van der Waals surface area (Å²) in [6.07, 6.45) is 1.51. The zero-order valence-electron chi connectivity index (χ0n) is 16.2. The van der Waals surface area contributed by atoms with Gasteiger partial charge in [0, 0.05) is 0 Å². The summed E-state index contributed by atoms with van der Waals surface area (Å²) >= 11 is 0. The molecule has 4 aromatic carbocycles. The fourth-order valence-corrected chi connectivity index (χ4v) is 3.42. The topological polar surface area (TPSA) is 61.3 Å². The highest BCUT2D eigenvalue weighted by Gasteiger charge is 2.12. The van der Waals surface area contributed by atoms with E-state index in [-0.39, 0.29) is 0 Å². The Bertz CT molecular complexity index is 1000. The first-order valence-electron chi connectivity index (χ1n) is 9.71. The van der Waals surface area contributed by atoms with Crippen molar-refractivity contribution in [1.82, 2.24) is 0 Å². The fraction of sp³-hybridized carbons (Fsp3) is 0.0769. The number of nitrogen functional groups attached to an aromatic ring is 2. The van der Waals surface area contributed by atoms with E-state index in [0.29, 0.717) is 22.9 Å². The maximum absolute atomic E-state index is 6.42. The van der Waals surface area contributed by atoms with E-state index >= 15 is 0 Å². The van der Waals surface area contributed by atoms with E-state index < -0.39 is 0 Å². The molecule has 0 fully saturated rings. The summed E-state index contributed by atoms with van der Waals surface area (Å²) in [7, 11) is 0. The smallest absolute Gasteiger partial charge is 0.150 e. The molecule has 3 heteroatoms. The van der Waals surface area contributed by atoms with Crippen molar-refractivity contribution in [3.63, 3.8) is 0 Å². The third-order valence-corrected chi connectivity index (χ3v) is 5.01. The standard InChI is InChI=1S/C26H24N2O/c27-25-21(17-19-9-3-1-4-10-19)13-7-15-23(25)29-24-16-8-14-22(26(24)28)18-20-11-5-2-6-12-20/h1-16H,17-18,27-28H2. The molecule has 0 heterocycles. The molecular weight excluding hydrogens is 356 g/mol. The van der Waals surface area contributed by atoms with Crippen molar-refractivity contribution in [2.75, 3.05) is 11.5 Å². The van der Waals surface area contributed by atoms with Gasteiger partial charge in [-0.25, -0.2) is 0 Å². The number of nitrogens with two attached hydrogens (primary N) is 2. The van der Waals surface area contributed by atoms with Crippen LogP contribution in [0.1, 0.15) is 22.3 Å². The summed E-state index contributed by atoms with van der Waals surface area (Å²) in [5, 5.41) is 0. The van der Waals surface area contributed by atoms with Crippen LogP contribution in [0.4, 0.5) is 11.4 Å². The molecule has 4 rings (SSSR count). The van der Waals surface area contributed by atoms with E-state index in [0.717, 1.165) is 24.0 Å². The van der Waals surface area contributed by atoms with Gasteiger partial charge in [0.1, 0.15) is 0 Å². The van der Waals surface area contributed by atoms with Gasteiger partial charge in [-0.15, -0.1) is 0 Å². The van der Waals surface area contributed by atoms with Crippen LogP contribution in [0.3, 0.4) is 0 Å². The molecule has 144 valence electrons. The van der Waals surface area contributed by atoms with E-state index in [1.54, 1.807) is 0 Å². The molecular formula is C26H24N2O. The molecule has 0 aliphatic carbocycles. The lowest BCUT2D eigenvalue weighted by Gasteiger charge is -2.15. The Morgan fingerprint density at radius 1 is 0.483 bits per heavy atom. The summed E-state index contributed by atoms with van der Waals surface area (Å²) in [6.45, 7) is 0. The SMILES string of the molecule is Nc1c(Cc2ccccc2)cccc1Oc1cccc(Cc2ccccc2)c1N. The lowest BCUT2D eigenvalue weighted by atomic mass is 10.0. The quantitative estimate of drug-likeness (QED) is 0.414. The predicted molar refractivity (Wildman–Crippen MR) is 120 cm³/mol. The predicted octanol–water partition coefficient (Wildman–Crippen LogP) is 5.82. The van der Waals surface area contributed by atoms with Crippen LogP contribution in [0.15, 0.2) is 97.1 Å². The van der Waals surface area contributed by atoms with Crippen LogP contribution in [-0.2, 0) is 12.8 Å². The zero-order valence-corrected chi connectivity index (χ0v) is 16.2. The maximum atomic E-state index is 6.42. The first kappa shape index (κ1) is 18.6. The summed E-state index contributed by atoms with van der Waals surface area (Å²) in [6, 6.07) is 32.3. The molecule has 0 saturated carbocycles. The molecule has 0 spiro atoms. The molecule has 0 aromatic heterocycles. The van der Waals surface area contributed by atoms with E-state index in [4.69, 9.17) is 16.2 Å². The maximum Gasteiger partial charge on any atom is 0.150 e. The average Bonchev–Trinajstić information content (AvgIpc) is 2.75. The molecule has 3 nitrogen and oxygen atoms in total. The molecule has 0 aliphatic rings. The van der Waals surface area contributed by atoms with Crippen LogP contribution < -0.4 is 16.2 Å². The van der Waals surface area contributed by atoms with Crippen LogP contribution in [0.25, 0.3) is 0 Å². The Labute approximate surface area is 171 Å². The highest BCUT2D eigenvalue weighted by molar-refractivity contribution is 5.65. The molecule has 29 heavy (non-hydrogen) atoms. The van der Waals surface area contributed by atoms with E-state index in [1.807, 2.05) is 72.8 Å². The van der Waals surface area contributed by atoms with E-state index in [9.17, 15) is 0 Å². The molecule has 0 unspecified atom stereocenters. The third-order valence-electron chi connectivity index (χ3n) is 5.01. The summed E-state index contributed by atoms with van der Waals surface area (Å²) in [4.78, 5) is 0. The minimum absolute atomic E-state index is 0.627. The first-order chi connectivity index (χ1) is 14.2. The summed E-state index contributed by atoms with van der Waals surface area (Å²) in [5.74, 6) is 1.25. The van der Waals surface area contributed by atoms with Crippen molar-refractivity contribution < 1.29 is 4.74 Å². The number of hydrogen-bond donors (Lipinski definition) is 2. The number of benzene rings is 4. The summed E-state index contributed by atoms with van der Waals surface area (Å²) < 4.78 is 6.15. The van der Waals surface area contributed by atoms with Crippen molar-refractivity contribution >= 4 is 11.4 Å². The lowest BCUT2D eigenvalue weighted by molar-refractivity contribution is 0.486. The van der Waals surface area contributed by atoms with Gasteiger partial charge in [0.05, 0.1) is 11.4 Å². The molecule has 0 bridgehead atoms. The normalized spacial score (nSPS) is 10.6. The van der Waals surface area contributed by atoms with E-state index in [1.165, 1.54) is 11.1 Å². The first-order valence-corrected chi connectivity index (χ1v) is 9.71. The van der Waals surface area contributed by atoms with Gasteiger partial charge in [0.25, 0.3) is 0 Å². The average molecular weight is 380 g/mol. The number of para-hydroxylation sites is 2. The monoisotopic (exact) mass is 380 g/mol. The van der Waals surface area contributed by atoms with Gasteiger partial charge < -0.3 is 16.2 Å². The Kier molecular flexibility index (Phi) is 5.48. The van der Waals surface area contributed by atoms with Crippen LogP contribution in [-0.4, -0.2) is 0 Å². The van der Waals surface area contributed by atoms with Crippen molar-refractivity contribution in [2.45, 2.75) is 12.8 Å². The number of anilines is 2. The summed E-state index contributed by atoms with van der Waals surface area (Å²) in [5.41, 5.74) is 18.6. The number of ether oxygens (including phenoxy) is 1. The lowest BCUT2D eigenvalue weighted by Crippen LogP contribution is -2.02. The Balaban J connectivity index is 1.58. The number of rotatable bonds is 6. The fourth-order valence-electron chi connectivity index (χ4n) is 3.42. The van der Waals surface area contributed by atoms with Crippen molar-refractivity contribution in [1.29, 1.82) is 0 Å². The van der Waals surface area contributed by atoms with Crippen LogP contribution in [0.2, 0.25) is 0 Å². The second-order valence-electron chi connectivity index (χ2n) is 7.08. The van der Waals surface area contributed by atoms with Crippen molar-refractivity contribution in [3.05, 3.63) is 119 Å². The van der Waals surface area contributed by atoms with Crippen LogP contribution in [0.5, 0.6) is 11.5 Å². The van der Waals surface area contributed by atoms with Crippen molar-refractivity contribution in [2.24, 2.45) is 0 Å². The zero-order chi connectivity index (χ0) is 20.1. The largest absolute Gasteiger partial charge is 0.453 e. The van der Waals surface area contributed by atoms with Crippen LogP contribution in [0, 0.1) is 0 Å².